The zero-order valence-electron chi connectivity index (χ0n) is 18.3. The van der Waals surface area contributed by atoms with Crippen molar-refractivity contribution in [1.82, 2.24) is 25.1 Å². The molecule has 0 bridgehead atoms. The lowest BCUT2D eigenvalue weighted by Gasteiger charge is -2.27. The number of amidine groups is 1. The number of para-hydroxylation sites is 1. The molecule has 2 heterocycles. The van der Waals surface area contributed by atoms with Gasteiger partial charge in [-0.2, -0.15) is 10.2 Å². The second-order valence-corrected chi connectivity index (χ2v) is 8.57. The van der Waals surface area contributed by atoms with Gasteiger partial charge in [-0.3, -0.25) is 14.9 Å². The number of hydrogen-bond donors (Lipinski definition) is 1. The van der Waals surface area contributed by atoms with E-state index in [9.17, 15) is 4.79 Å². The number of aromatic nitrogens is 3. The minimum absolute atomic E-state index is 0.319. The van der Waals surface area contributed by atoms with E-state index in [1.807, 2.05) is 55.5 Å². The molecule has 170 valence electrons. The fraction of sp³-hybridized carbons (Fsp3) is 0.333. The van der Waals surface area contributed by atoms with Crippen molar-refractivity contribution in [2.75, 3.05) is 6.61 Å². The second kappa shape index (κ2) is 9.23. The zero-order chi connectivity index (χ0) is 22.8. The van der Waals surface area contributed by atoms with Crippen molar-refractivity contribution >= 4 is 23.7 Å². The van der Waals surface area contributed by atoms with Crippen LogP contribution >= 0.6 is 11.6 Å². The largest absolute Gasteiger partial charge is 0.494 e. The van der Waals surface area contributed by atoms with Gasteiger partial charge in [-0.05, 0) is 50.1 Å². The van der Waals surface area contributed by atoms with E-state index in [1.54, 1.807) is 5.01 Å². The molecule has 3 aromatic rings. The van der Waals surface area contributed by atoms with Crippen molar-refractivity contribution in [3.63, 3.8) is 0 Å². The number of carbonyl (C=O) groups excluding carboxylic acids is 1. The van der Waals surface area contributed by atoms with Crippen LogP contribution in [0.1, 0.15) is 42.5 Å². The van der Waals surface area contributed by atoms with Gasteiger partial charge in [-0.1, -0.05) is 29.8 Å². The molecule has 1 saturated carbocycles. The quantitative estimate of drug-likeness (QED) is 0.487. The summed E-state index contributed by atoms with van der Waals surface area (Å²) in [7, 11) is 0. The Morgan fingerprint density at radius 3 is 2.70 bits per heavy atom. The summed E-state index contributed by atoms with van der Waals surface area (Å²) in [5.74, 6) is 2.95. The van der Waals surface area contributed by atoms with Gasteiger partial charge in [0, 0.05) is 28.6 Å². The number of H-pyrrole nitrogens is 1. The Kier molecular flexibility index (Phi) is 6.00. The molecule has 1 atom stereocenters. The van der Waals surface area contributed by atoms with Gasteiger partial charge in [0.25, 0.3) is 0 Å². The van der Waals surface area contributed by atoms with E-state index in [1.165, 1.54) is 0 Å². The third kappa shape index (κ3) is 4.57. The molecule has 0 radical (unpaired) electrons. The molecule has 1 unspecified atom stereocenters. The highest BCUT2D eigenvalue weighted by molar-refractivity contribution is 6.30. The van der Waals surface area contributed by atoms with Gasteiger partial charge in [0.15, 0.2) is 24.1 Å². The molecule has 9 heteroatoms. The average molecular weight is 465 g/mol. The van der Waals surface area contributed by atoms with E-state index >= 15 is 0 Å². The van der Waals surface area contributed by atoms with Gasteiger partial charge in [-0.15, -0.1) is 0 Å². The van der Waals surface area contributed by atoms with Gasteiger partial charge in [0.1, 0.15) is 11.6 Å². The normalized spacial score (nSPS) is 17.9. The van der Waals surface area contributed by atoms with Crippen LogP contribution in [0.15, 0.2) is 53.6 Å². The van der Waals surface area contributed by atoms with Crippen molar-refractivity contribution < 1.29 is 9.53 Å². The highest BCUT2D eigenvalue weighted by Gasteiger charge is 2.43. The standard InChI is InChI=1S/C24H25ClN6O2/c1-2-33-20-6-4-3-5-17(20)13-21-26-22(28-27-21)14-30-23(15-32)31(19-11-12-19)24(29-30)16-7-9-18(25)10-8-16/h3-10,15,19,23H,2,11-14H2,1H3,(H,26,27,28). The maximum atomic E-state index is 12.1. The molecule has 1 fully saturated rings. The summed E-state index contributed by atoms with van der Waals surface area (Å²) in [5, 5.41) is 14.6. The predicted octanol–water partition coefficient (Wildman–Crippen LogP) is 3.61. The summed E-state index contributed by atoms with van der Waals surface area (Å²) < 4.78 is 5.71. The molecule has 1 aliphatic carbocycles. The lowest BCUT2D eigenvalue weighted by atomic mass is 10.1. The molecule has 0 saturated heterocycles. The van der Waals surface area contributed by atoms with Crippen LogP contribution < -0.4 is 4.74 Å². The Balaban J connectivity index is 1.36. The highest BCUT2D eigenvalue weighted by Crippen LogP contribution is 2.35. The summed E-state index contributed by atoms with van der Waals surface area (Å²) in [4.78, 5) is 18.8. The number of benzene rings is 2. The van der Waals surface area contributed by atoms with Crippen molar-refractivity contribution in [3.8, 4) is 5.75 Å². The molecule has 2 aromatic carbocycles. The number of rotatable bonds is 9. The number of carbonyl (C=O) groups is 1. The maximum Gasteiger partial charge on any atom is 0.176 e. The summed E-state index contributed by atoms with van der Waals surface area (Å²) in [6.45, 7) is 2.92. The molecular weight excluding hydrogens is 440 g/mol. The molecule has 1 aromatic heterocycles. The Labute approximate surface area is 197 Å². The van der Waals surface area contributed by atoms with E-state index in [0.29, 0.717) is 42.3 Å². The van der Waals surface area contributed by atoms with Crippen molar-refractivity contribution in [1.29, 1.82) is 0 Å². The minimum Gasteiger partial charge on any atom is -0.494 e. The third-order valence-corrected chi connectivity index (χ3v) is 5.99. The van der Waals surface area contributed by atoms with Crippen LogP contribution in [0.5, 0.6) is 5.75 Å². The molecule has 5 rings (SSSR count). The first-order valence-corrected chi connectivity index (χ1v) is 11.5. The Bertz CT molecular complexity index is 1160. The summed E-state index contributed by atoms with van der Waals surface area (Å²) in [5.41, 5.74) is 1.96. The number of ether oxygens (including phenoxy) is 1. The second-order valence-electron chi connectivity index (χ2n) is 8.13. The van der Waals surface area contributed by atoms with Crippen LogP contribution in [0.3, 0.4) is 0 Å². The van der Waals surface area contributed by atoms with Gasteiger partial charge in [0.05, 0.1) is 13.2 Å². The zero-order valence-corrected chi connectivity index (χ0v) is 19.1. The van der Waals surface area contributed by atoms with Crippen LogP contribution in [-0.4, -0.2) is 56.0 Å². The average Bonchev–Trinajstić information content (AvgIpc) is 3.47. The molecule has 1 aliphatic heterocycles. The van der Waals surface area contributed by atoms with E-state index < -0.39 is 6.17 Å². The van der Waals surface area contributed by atoms with Gasteiger partial charge >= 0.3 is 0 Å². The smallest absolute Gasteiger partial charge is 0.176 e. The summed E-state index contributed by atoms with van der Waals surface area (Å²) in [6, 6.07) is 15.8. The number of halogens is 1. The monoisotopic (exact) mass is 464 g/mol. The van der Waals surface area contributed by atoms with Crippen LogP contribution in [0.25, 0.3) is 0 Å². The summed E-state index contributed by atoms with van der Waals surface area (Å²) >= 11 is 6.06. The molecule has 2 aliphatic rings. The van der Waals surface area contributed by atoms with E-state index in [4.69, 9.17) is 21.4 Å². The molecular formula is C24H25ClN6O2. The Hall–Kier alpha value is -3.39. The minimum atomic E-state index is -0.476. The van der Waals surface area contributed by atoms with Crippen LogP contribution in [0.4, 0.5) is 0 Å². The van der Waals surface area contributed by atoms with Crippen molar-refractivity contribution in [2.24, 2.45) is 5.10 Å². The molecule has 0 amide bonds. The molecule has 8 nitrogen and oxygen atoms in total. The maximum absolute atomic E-state index is 12.1. The van der Waals surface area contributed by atoms with E-state index in [0.717, 1.165) is 41.8 Å². The van der Waals surface area contributed by atoms with Crippen LogP contribution in [0, 0.1) is 0 Å². The lowest BCUT2D eigenvalue weighted by Crippen LogP contribution is -2.44. The van der Waals surface area contributed by atoms with E-state index in [2.05, 4.69) is 20.1 Å². The predicted molar refractivity (Wildman–Crippen MR) is 125 cm³/mol. The molecule has 1 N–H and O–H groups in total. The molecule has 0 spiro atoms. The number of hydrazone groups is 1. The van der Waals surface area contributed by atoms with Gasteiger partial charge < -0.3 is 9.64 Å². The topological polar surface area (TPSA) is 86.7 Å². The third-order valence-electron chi connectivity index (χ3n) is 5.73. The van der Waals surface area contributed by atoms with Gasteiger partial charge in [0.2, 0.25) is 0 Å². The van der Waals surface area contributed by atoms with Crippen LogP contribution in [0.2, 0.25) is 5.02 Å². The van der Waals surface area contributed by atoms with Crippen molar-refractivity contribution in [2.45, 2.75) is 44.9 Å². The number of nitrogens with one attached hydrogen (secondary N) is 1. The first-order chi connectivity index (χ1) is 16.2. The van der Waals surface area contributed by atoms with E-state index in [-0.39, 0.29) is 0 Å². The first-order valence-electron chi connectivity index (χ1n) is 11.1. The molecule has 33 heavy (non-hydrogen) atoms. The number of hydrogen-bond acceptors (Lipinski definition) is 7. The van der Waals surface area contributed by atoms with Crippen molar-refractivity contribution in [3.05, 3.63) is 76.3 Å². The highest BCUT2D eigenvalue weighted by atomic mass is 35.5. The Morgan fingerprint density at radius 1 is 1.18 bits per heavy atom. The lowest BCUT2D eigenvalue weighted by molar-refractivity contribution is -0.115. The number of nitrogens with zero attached hydrogens (tertiary/aromatic N) is 5. The fourth-order valence-electron chi connectivity index (χ4n) is 4.07. The van der Waals surface area contributed by atoms with Crippen LogP contribution in [-0.2, 0) is 17.8 Å². The SMILES string of the molecule is CCOc1ccccc1Cc1n[nH]c(CN2N=C(c3ccc(Cl)cc3)N(C3CC3)C2C=O)n1. The number of aromatic amines is 1. The first kappa shape index (κ1) is 21.5. The summed E-state index contributed by atoms with van der Waals surface area (Å²) in [6.07, 6.45) is 3.13. The Morgan fingerprint density at radius 2 is 1.97 bits per heavy atom. The fourth-order valence-corrected chi connectivity index (χ4v) is 4.19. The number of aldehydes is 1. The van der Waals surface area contributed by atoms with Gasteiger partial charge in [-0.25, -0.2) is 4.98 Å².